The molecule has 0 heterocycles. The van der Waals surface area contributed by atoms with Gasteiger partial charge in [-0.1, -0.05) is 28.9 Å². The standard InChI is InChI=1S/C17H26BrNOS/c1-12-10-15(19-21(4,5)20)6-7-16(12)14-8-9-17(3,18)13(2)11-14/h6-7,10,13-14H,8-9,11H2,1-5H3. The zero-order valence-corrected chi connectivity index (χ0v) is 16.1. The molecule has 3 atom stereocenters. The molecule has 3 unspecified atom stereocenters. The number of nitrogens with zero attached hydrogens (tertiary/aromatic N) is 1. The SMILES string of the molecule is Cc1cc(N=S(C)(C)=O)ccc1C1CCC(C)(Br)C(C)C1. The summed E-state index contributed by atoms with van der Waals surface area (Å²) in [5, 5.41) is 0. The van der Waals surface area contributed by atoms with Gasteiger partial charge in [0.1, 0.15) is 0 Å². The van der Waals surface area contributed by atoms with E-state index in [1.807, 2.05) is 6.07 Å². The number of halogens is 1. The van der Waals surface area contributed by atoms with Gasteiger partial charge in [-0.05, 0) is 68.2 Å². The van der Waals surface area contributed by atoms with E-state index in [-0.39, 0.29) is 4.32 Å². The molecule has 0 aromatic heterocycles. The van der Waals surface area contributed by atoms with Crippen molar-refractivity contribution in [1.82, 2.24) is 0 Å². The Kier molecular flexibility index (Phi) is 4.89. The van der Waals surface area contributed by atoms with Gasteiger partial charge in [-0.3, -0.25) is 0 Å². The predicted molar refractivity (Wildman–Crippen MR) is 96.3 cm³/mol. The monoisotopic (exact) mass is 371 g/mol. The number of aryl methyl sites for hydroxylation is 1. The lowest BCUT2D eigenvalue weighted by Crippen LogP contribution is -2.32. The zero-order chi connectivity index (χ0) is 15.8. The second-order valence-electron chi connectivity index (χ2n) is 6.96. The third-order valence-electron chi connectivity index (χ3n) is 4.67. The fraction of sp³-hybridized carbons (Fsp3) is 0.647. The summed E-state index contributed by atoms with van der Waals surface area (Å²) in [6.07, 6.45) is 7.01. The highest BCUT2D eigenvalue weighted by Gasteiger charge is 2.35. The molecule has 1 aromatic carbocycles. The summed E-state index contributed by atoms with van der Waals surface area (Å²) < 4.78 is 16.4. The van der Waals surface area contributed by atoms with Gasteiger partial charge in [-0.15, -0.1) is 0 Å². The Morgan fingerprint density at radius 3 is 2.57 bits per heavy atom. The molecular weight excluding hydrogens is 346 g/mol. The maximum atomic E-state index is 11.8. The van der Waals surface area contributed by atoms with Crippen LogP contribution in [0, 0.1) is 12.8 Å². The van der Waals surface area contributed by atoms with E-state index < -0.39 is 9.73 Å². The van der Waals surface area contributed by atoms with E-state index in [0.29, 0.717) is 11.8 Å². The topological polar surface area (TPSA) is 29.4 Å². The van der Waals surface area contributed by atoms with Crippen LogP contribution in [-0.4, -0.2) is 21.0 Å². The second kappa shape index (κ2) is 6.04. The van der Waals surface area contributed by atoms with Crippen molar-refractivity contribution in [3.8, 4) is 0 Å². The summed E-state index contributed by atoms with van der Waals surface area (Å²) >= 11 is 3.87. The average Bonchev–Trinajstić information content (AvgIpc) is 2.31. The van der Waals surface area contributed by atoms with Gasteiger partial charge in [0.05, 0.1) is 5.69 Å². The average molecular weight is 372 g/mol. The van der Waals surface area contributed by atoms with E-state index in [4.69, 9.17) is 0 Å². The molecule has 0 spiro atoms. The molecule has 0 bridgehead atoms. The smallest absolute Gasteiger partial charge is 0.0732 e. The molecule has 0 amide bonds. The fourth-order valence-corrected chi connectivity index (χ4v) is 4.24. The van der Waals surface area contributed by atoms with Crippen molar-refractivity contribution < 1.29 is 4.21 Å². The van der Waals surface area contributed by atoms with Crippen molar-refractivity contribution in [3.63, 3.8) is 0 Å². The third-order valence-corrected chi connectivity index (χ3v) is 6.49. The number of hydrogen-bond donors (Lipinski definition) is 0. The first kappa shape index (κ1) is 17.0. The van der Waals surface area contributed by atoms with Crippen molar-refractivity contribution in [1.29, 1.82) is 0 Å². The first-order chi connectivity index (χ1) is 9.58. The van der Waals surface area contributed by atoms with Crippen LogP contribution >= 0.6 is 15.9 Å². The second-order valence-corrected chi connectivity index (χ2v) is 11.3. The van der Waals surface area contributed by atoms with Crippen LogP contribution in [-0.2, 0) is 9.73 Å². The molecule has 21 heavy (non-hydrogen) atoms. The van der Waals surface area contributed by atoms with E-state index in [1.165, 1.54) is 30.4 Å². The van der Waals surface area contributed by atoms with Crippen LogP contribution in [0.2, 0.25) is 0 Å². The van der Waals surface area contributed by atoms with Gasteiger partial charge in [0.2, 0.25) is 0 Å². The summed E-state index contributed by atoms with van der Waals surface area (Å²) in [5.41, 5.74) is 3.54. The van der Waals surface area contributed by atoms with E-state index >= 15 is 0 Å². The molecular formula is C17H26BrNOS. The highest BCUT2D eigenvalue weighted by Crippen LogP contribution is 2.46. The van der Waals surface area contributed by atoms with Crippen molar-refractivity contribution >= 4 is 31.3 Å². The Morgan fingerprint density at radius 1 is 1.38 bits per heavy atom. The number of hydrogen-bond acceptors (Lipinski definition) is 2. The lowest BCUT2D eigenvalue weighted by molar-refractivity contribution is 0.287. The van der Waals surface area contributed by atoms with Crippen LogP contribution in [0.4, 0.5) is 5.69 Å². The summed E-state index contributed by atoms with van der Waals surface area (Å²) in [5.74, 6) is 1.30. The highest BCUT2D eigenvalue weighted by molar-refractivity contribution is 9.10. The van der Waals surface area contributed by atoms with Gasteiger partial charge < -0.3 is 0 Å². The Bertz CT molecular complexity index is 636. The molecule has 4 heteroatoms. The Hall–Kier alpha value is -0.350. The van der Waals surface area contributed by atoms with Gasteiger partial charge >= 0.3 is 0 Å². The molecule has 2 rings (SSSR count). The summed E-state index contributed by atoms with van der Waals surface area (Å²) in [6, 6.07) is 6.28. The molecule has 118 valence electrons. The molecule has 0 aliphatic heterocycles. The number of benzene rings is 1. The van der Waals surface area contributed by atoms with Gasteiger partial charge in [0.15, 0.2) is 0 Å². The Labute approximate surface area is 138 Å². The number of rotatable bonds is 2. The van der Waals surface area contributed by atoms with E-state index in [9.17, 15) is 4.21 Å². The molecule has 1 aliphatic rings. The molecule has 1 aromatic rings. The minimum Gasteiger partial charge on any atom is -0.250 e. The quantitative estimate of drug-likeness (QED) is 0.638. The minimum absolute atomic E-state index is 0.280. The van der Waals surface area contributed by atoms with Crippen LogP contribution < -0.4 is 0 Å². The summed E-state index contributed by atoms with van der Waals surface area (Å²) in [4.78, 5) is 0. The Morgan fingerprint density at radius 2 is 2.05 bits per heavy atom. The molecule has 1 saturated carbocycles. The van der Waals surface area contributed by atoms with Gasteiger partial charge in [-0.2, -0.15) is 4.36 Å². The summed E-state index contributed by atoms with van der Waals surface area (Å²) in [7, 11) is -2.09. The fourth-order valence-electron chi connectivity index (χ4n) is 3.20. The van der Waals surface area contributed by atoms with Crippen molar-refractivity contribution in [3.05, 3.63) is 29.3 Å². The largest absolute Gasteiger partial charge is 0.250 e. The molecule has 0 radical (unpaired) electrons. The zero-order valence-electron chi connectivity index (χ0n) is 13.6. The van der Waals surface area contributed by atoms with Crippen molar-refractivity contribution in [2.75, 3.05) is 12.5 Å². The minimum atomic E-state index is -2.09. The predicted octanol–water partition coefficient (Wildman–Crippen LogP) is 5.41. The summed E-state index contributed by atoms with van der Waals surface area (Å²) in [6.45, 7) is 6.79. The molecule has 1 aliphatic carbocycles. The third kappa shape index (κ3) is 4.32. The lowest BCUT2D eigenvalue weighted by atomic mass is 9.72. The lowest BCUT2D eigenvalue weighted by Gasteiger charge is -2.39. The first-order valence-electron chi connectivity index (χ1n) is 7.55. The maximum absolute atomic E-state index is 11.8. The van der Waals surface area contributed by atoms with Crippen LogP contribution in [0.3, 0.4) is 0 Å². The van der Waals surface area contributed by atoms with Crippen LogP contribution in [0.1, 0.15) is 50.2 Å². The van der Waals surface area contributed by atoms with Crippen LogP contribution in [0.25, 0.3) is 0 Å². The van der Waals surface area contributed by atoms with Crippen LogP contribution in [0.5, 0.6) is 0 Å². The molecule has 0 saturated heterocycles. The van der Waals surface area contributed by atoms with Gasteiger partial charge in [0.25, 0.3) is 0 Å². The molecule has 0 N–H and O–H groups in total. The highest BCUT2D eigenvalue weighted by atomic mass is 79.9. The van der Waals surface area contributed by atoms with Crippen LogP contribution in [0.15, 0.2) is 22.6 Å². The number of alkyl halides is 1. The van der Waals surface area contributed by atoms with E-state index in [1.54, 1.807) is 12.5 Å². The van der Waals surface area contributed by atoms with Gasteiger partial charge in [0, 0.05) is 26.6 Å². The normalized spacial score (nSPS) is 30.2. The first-order valence-corrected chi connectivity index (χ1v) is 10.7. The molecule has 2 nitrogen and oxygen atoms in total. The van der Waals surface area contributed by atoms with E-state index in [2.05, 4.69) is 53.2 Å². The molecule has 1 fully saturated rings. The van der Waals surface area contributed by atoms with Gasteiger partial charge in [-0.25, -0.2) is 4.21 Å². The van der Waals surface area contributed by atoms with Crippen molar-refractivity contribution in [2.24, 2.45) is 10.3 Å². The maximum Gasteiger partial charge on any atom is 0.0732 e. The Balaban J connectivity index is 2.25. The van der Waals surface area contributed by atoms with E-state index in [0.717, 1.165) is 5.69 Å². The van der Waals surface area contributed by atoms with Crippen molar-refractivity contribution in [2.45, 2.75) is 50.3 Å².